The molecule has 0 amide bonds. The minimum absolute atomic E-state index is 0.272. The minimum atomic E-state index is 0.272. The SMILES string of the molecule is CN1CCCCN(c2nc(N)nc3nc[nH]c23)CCCCCc2cc3c(cc2C1)OCO3. The summed E-state index contributed by atoms with van der Waals surface area (Å²) >= 11 is 0. The van der Waals surface area contributed by atoms with E-state index >= 15 is 0 Å². The van der Waals surface area contributed by atoms with Crippen LogP contribution in [-0.4, -0.2) is 58.3 Å². The molecule has 0 spiro atoms. The Morgan fingerprint density at radius 2 is 1.69 bits per heavy atom. The van der Waals surface area contributed by atoms with Crippen molar-refractivity contribution in [3.05, 3.63) is 29.6 Å². The van der Waals surface area contributed by atoms with E-state index in [9.17, 15) is 0 Å². The van der Waals surface area contributed by atoms with Crippen LogP contribution in [0, 0.1) is 0 Å². The van der Waals surface area contributed by atoms with Crippen molar-refractivity contribution in [1.82, 2.24) is 24.8 Å². The predicted molar refractivity (Wildman–Crippen MR) is 124 cm³/mol. The Labute approximate surface area is 187 Å². The van der Waals surface area contributed by atoms with Crippen LogP contribution in [0.4, 0.5) is 11.8 Å². The van der Waals surface area contributed by atoms with Crippen molar-refractivity contribution >= 4 is 22.9 Å². The lowest BCUT2D eigenvalue weighted by molar-refractivity contribution is 0.174. The van der Waals surface area contributed by atoms with Gasteiger partial charge in [0.05, 0.1) is 6.33 Å². The third-order valence-electron chi connectivity index (χ3n) is 6.31. The molecule has 5 rings (SSSR count). The molecule has 3 N–H and O–H groups in total. The molecule has 0 aliphatic carbocycles. The molecule has 4 heterocycles. The van der Waals surface area contributed by atoms with Crippen LogP contribution >= 0.6 is 0 Å². The zero-order valence-electron chi connectivity index (χ0n) is 18.6. The van der Waals surface area contributed by atoms with Gasteiger partial charge in [-0.2, -0.15) is 9.97 Å². The number of nitrogens with one attached hydrogen (secondary N) is 1. The average molecular weight is 438 g/mol. The van der Waals surface area contributed by atoms with E-state index in [1.807, 2.05) is 0 Å². The normalized spacial score (nSPS) is 18.5. The highest BCUT2D eigenvalue weighted by Crippen LogP contribution is 2.36. The van der Waals surface area contributed by atoms with Crippen molar-refractivity contribution < 1.29 is 9.47 Å². The number of fused-ring (bicyclic) bond motifs is 3. The fraction of sp³-hybridized carbons (Fsp3) is 0.522. The number of anilines is 2. The van der Waals surface area contributed by atoms with Gasteiger partial charge in [0.2, 0.25) is 12.7 Å². The van der Waals surface area contributed by atoms with Crippen LogP contribution in [0.25, 0.3) is 11.2 Å². The molecule has 0 unspecified atom stereocenters. The molecule has 0 atom stereocenters. The van der Waals surface area contributed by atoms with Gasteiger partial charge in [0.15, 0.2) is 23.0 Å². The minimum Gasteiger partial charge on any atom is -0.454 e. The van der Waals surface area contributed by atoms with Gasteiger partial charge in [0.25, 0.3) is 0 Å². The highest BCUT2D eigenvalue weighted by Gasteiger charge is 2.19. The van der Waals surface area contributed by atoms with Gasteiger partial charge >= 0.3 is 0 Å². The Morgan fingerprint density at radius 1 is 0.938 bits per heavy atom. The van der Waals surface area contributed by atoms with Gasteiger partial charge in [-0.1, -0.05) is 6.42 Å². The van der Waals surface area contributed by atoms with Crippen molar-refractivity contribution in [3.8, 4) is 11.5 Å². The molecule has 2 aromatic heterocycles. The van der Waals surface area contributed by atoms with Gasteiger partial charge in [0.1, 0.15) is 5.52 Å². The summed E-state index contributed by atoms with van der Waals surface area (Å²) in [4.78, 5) is 21.0. The van der Waals surface area contributed by atoms with Crippen LogP contribution in [0.3, 0.4) is 0 Å². The maximum Gasteiger partial charge on any atom is 0.231 e. The second-order valence-corrected chi connectivity index (χ2v) is 8.72. The molecule has 9 nitrogen and oxygen atoms in total. The smallest absolute Gasteiger partial charge is 0.231 e. The molecule has 3 aromatic rings. The lowest BCUT2D eigenvalue weighted by Crippen LogP contribution is -2.28. The van der Waals surface area contributed by atoms with Crippen molar-refractivity contribution in [2.24, 2.45) is 0 Å². The van der Waals surface area contributed by atoms with E-state index in [1.54, 1.807) is 6.33 Å². The van der Waals surface area contributed by atoms with E-state index in [0.29, 0.717) is 12.4 Å². The standard InChI is InChI=1S/C23H31N7O2/c1-29-8-5-6-10-30(22-20-21(26-14-25-20)27-23(24)28-22)9-4-2-3-7-16-11-18-19(32-15-31-18)12-17(16)13-29/h11-12,14H,2-10,13,15H2,1H3,(H3,24,25,26,27,28). The molecule has 1 aromatic carbocycles. The Hall–Kier alpha value is -3.07. The second kappa shape index (κ2) is 9.20. The van der Waals surface area contributed by atoms with Gasteiger partial charge in [-0.25, -0.2) is 4.98 Å². The van der Waals surface area contributed by atoms with Crippen LogP contribution in [0.2, 0.25) is 0 Å². The van der Waals surface area contributed by atoms with E-state index in [4.69, 9.17) is 15.2 Å². The summed E-state index contributed by atoms with van der Waals surface area (Å²) in [5.74, 6) is 2.89. The third-order valence-corrected chi connectivity index (χ3v) is 6.31. The lowest BCUT2D eigenvalue weighted by atomic mass is 9.99. The number of aromatic amines is 1. The summed E-state index contributed by atoms with van der Waals surface area (Å²) < 4.78 is 11.3. The number of rotatable bonds is 1. The number of ether oxygens (including phenoxy) is 2. The summed E-state index contributed by atoms with van der Waals surface area (Å²) in [6.45, 7) is 4.16. The number of aromatic nitrogens is 4. The molecule has 0 saturated carbocycles. The van der Waals surface area contributed by atoms with Gasteiger partial charge in [-0.15, -0.1) is 0 Å². The first-order valence-electron chi connectivity index (χ1n) is 11.5. The van der Waals surface area contributed by atoms with Crippen LogP contribution in [0.5, 0.6) is 11.5 Å². The van der Waals surface area contributed by atoms with Gasteiger partial charge in [0, 0.05) is 19.6 Å². The zero-order valence-corrected chi connectivity index (χ0v) is 18.6. The van der Waals surface area contributed by atoms with E-state index < -0.39 is 0 Å². The van der Waals surface area contributed by atoms with Crippen molar-refractivity contribution in [2.45, 2.75) is 45.1 Å². The van der Waals surface area contributed by atoms with Crippen molar-refractivity contribution in [2.75, 3.05) is 44.1 Å². The Balaban J connectivity index is 1.34. The molecule has 170 valence electrons. The quantitative estimate of drug-likeness (QED) is 0.598. The topological polar surface area (TPSA) is 105 Å². The summed E-state index contributed by atoms with van der Waals surface area (Å²) in [5.41, 5.74) is 10.2. The zero-order chi connectivity index (χ0) is 21.9. The first-order chi connectivity index (χ1) is 15.7. The Morgan fingerprint density at radius 3 is 2.53 bits per heavy atom. The molecule has 2 aliphatic heterocycles. The summed E-state index contributed by atoms with van der Waals surface area (Å²) in [6, 6.07) is 4.36. The van der Waals surface area contributed by atoms with Crippen molar-refractivity contribution in [1.29, 1.82) is 0 Å². The number of nitrogens with two attached hydrogens (primary N) is 1. The molecule has 0 bridgehead atoms. The number of aryl methyl sites for hydroxylation is 1. The fourth-order valence-corrected chi connectivity index (χ4v) is 4.64. The second-order valence-electron chi connectivity index (χ2n) is 8.72. The van der Waals surface area contributed by atoms with E-state index in [1.165, 1.54) is 11.1 Å². The molecule has 2 aliphatic rings. The number of imidazole rings is 1. The summed E-state index contributed by atoms with van der Waals surface area (Å²) in [5, 5.41) is 0. The monoisotopic (exact) mass is 437 g/mol. The van der Waals surface area contributed by atoms with Crippen LogP contribution in [0.1, 0.15) is 43.2 Å². The summed E-state index contributed by atoms with van der Waals surface area (Å²) in [7, 11) is 2.19. The average Bonchev–Trinajstić information content (AvgIpc) is 3.42. The lowest BCUT2D eigenvalue weighted by Gasteiger charge is -2.26. The number of nitrogen functional groups attached to an aromatic ring is 1. The van der Waals surface area contributed by atoms with Gasteiger partial charge < -0.3 is 30.0 Å². The number of hydrogen-bond donors (Lipinski definition) is 2. The Kier molecular flexibility index (Phi) is 5.98. The first-order valence-corrected chi connectivity index (χ1v) is 11.5. The third kappa shape index (κ3) is 4.43. The molecule has 0 radical (unpaired) electrons. The number of nitrogens with zero attached hydrogens (tertiary/aromatic N) is 5. The largest absolute Gasteiger partial charge is 0.454 e. The maximum atomic E-state index is 5.97. The molecule has 32 heavy (non-hydrogen) atoms. The van der Waals surface area contributed by atoms with E-state index in [0.717, 1.165) is 87.5 Å². The van der Waals surface area contributed by atoms with Crippen LogP contribution < -0.4 is 20.1 Å². The van der Waals surface area contributed by atoms with Gasteiger partial charge in [-0.3, -0.25) is 0 Å². The predicted octanol–water partition coefficient (Wildman–Crippen LogP) is 3.11. The molecule has 9 heteroatoms. The molecular formula is C23H31N7O2. The molecule has 0 fully saturated rings. The highest BCUT2D eigenvalue weighted by atomic mass is 16.7. The van der Waals surface area contributed by atoms with Crippen LogP contribution in [-0.2, 0) is 13.0 Å². The number of benzene rings is 1. The van der Waals surface area contributed by atoms with E-state index in [-0.39, 0.29) is 5.95 Å². The van der Waals surface area contributed by atoms with Crippen molar-refractivity contribution in [3.63, 3.8) is 0 Å². The first kappa shape index (κ1) is 20.8. The summed E-state index contributed by atoms with van der Waals surface area (Å²) in [6.07, 6.45) is 8.27. The molecular weight excluding hydrogens is 406 g/mol. The fourth-order valence-electron chi connectivity index (χ4n) is 4.64. The highest BCUT2D eigenvalue weighted by molar-refractivity contribution is 5.84. The van der Waals surface area contributed by atoms with Crippen LogP contribution in [0.15, 0.2) is 18.5 Å². The van der Waals surface area contributed by atoms with E-state index in [2.05, 4.69) is 48.9 Å². The Bertz CT molecular complexity index is 1080. The maximum absolute atomic E-state index is 5.97. The number of hydrogen-bond acceptors (Lipinski definition) is 8. The number of H-pyrrole nitrogens is 1. The van der Waals surface area contributed by atoms with Gasteiger partial charge in [-0.05, 0) is 69.0 Å². The molecule has 0 saturated heterocycles.